The molecule has 0 bridgehead atoms. The molecule has 0 saturated heterocycles. The van der Waals surface area contributed by atoms with Crippen molar-refractivity contribution in [3.05, 3.63) is 46.2 Å². The van der Waals surface area contributed by atoms with Crippen LogP contribution in [0.5, 0.6) is 0 Å². The van der Waals surface area contributed by atoms with Gasteiger partial charge in [0.2, 0.25) is 5.91 Å². The number of urea groups is 1. The van der Waals surface area contributed by atoms with Crippen LogP contribution in [0, 0.1) is 0 Å². The van der Waals surface area contributed by atoms with Crippen LogP contribution < -0.4 is 15.5 Å². The summed E-state index contributed by atoms with van der Waals surface area (Å²) in [5.41, 5.74) is 3.99. The highest BCUT2D eigenvalue weighted by Gasteiger charge is 2.21. The number of anilines is 2. The Morgan fingerprint density at radius 1 is 1.33 bits per heavy atom. The van der Waals surface area contributed by atoms with Crippen molar-refractivity contribution in [1.29, 1.82) is 0 Å². The van der Waals surface area contributed by atoms with E-state index in [2.05, 4.69) is 29.0 Å². The van der Waals surface area contributed by atoms with Gasteiger partial charge in [-0.05, 0) is 58.5 Å². The molecule has 2 N–H and O–H groups in total. The number of rotatable bonds is 4. The summed E-state index contributed by atoms with van der Waals surface area (Å²) in [4.78, 5) is 25.5. The zero-order chi connectivity index (χ0) is 17.1. The summed E-state index contributed by atoms with van der Waals surface area (Å²) in [6, 6.07) is 7.53. The molecular weight excluding hydrogens is 322 g/mol. The minimum atomic E-state index is -0.211. The van der Waals surface area contributed by atoms with Gasteiger partial charge in [0.25, 0.3) is 0 Å². The van der Waals surface area contributed by atoms with Gasteiger partial charge in [-0.3, -0.25) is 4.79 Å². The molecule has 5 nitrogen and oxygen atoms in total. The van der Waals surface area contributed by atoms with Crippen LogP contribution in [-0.4, -0.2) is 25.5 Å². The van der Waals surface area contributed by atoms with Crippen LogP contribution in [0.25, 0.3) is 0 Å². The van der Waals surface area contributed by atoms with E-state index >= 15 is 0 Å². The van der Waals surface area contributed by atoms with Crippen molar-refractivity contribution >= 4 is 34.6 Å². The summed E-state index contributed by atoms with van der Waals surface area (Å²) >= 11 is 1.66. The average Bonchev–Trinajstić information content (AvgIpc) is 3.11. The second-order valence-electron chi connectivity index (χ2n) is 6.09. The van der Waals surface area contributed by atoms with Crippen LogP contribution in [0.15, 0.2) is 35.0 Å². The van der Waals surface area contributed by atoms with Crippen LogP contribution in [0.4, 0.5) is 16.2 Å². The van der Waals surface area contributed by atoms with Gasteiger partial charge in [-0.2, -0.15) is 11.3 Å². The maximum atomic E-state index is 12.1. The largest absolute Gasteiger partial charge is 0.337 e. The van der Waals surface area contributed by atoms with Gasteiger partial charge in [-0.1, -0.05) is 6.92 Å². The van der Waals surface area contributed by atoms with Crippen molar-refractivity contribution in [3.8, 4) is 0 Å². The number of carbonyl (C=O) groups excluding carboxylic acids is 2. The molecule has 0 aliphatic carbocycles. The molecule has 6 heteroatoms. The summed E-state index contributed by atoms with van der Waals surface area (Å²) in [6.07, 6.45) is 1.22. The molecule has 2 heterocycles. The fourth-order valence-electron chi connectivity index (χ4n) is 2.83. The van der Waals surface area contributed by atoms with Gasteiger partial charge in [0.15, 0.2) is 0 Å². The molecule has 0 saturated carbocycles. The first kappa shape index (κ1) is 16.5. The smallest absolute Gasteiger partial charge is 0.319 e. The minimum Gasteiger partial charge on any atom is -0.337 e. The van der Waals surface area contributed by atoms with Gasteiger partial charge in [-0.15, -0.1) is 0 Å². The zero-order valence-corrected chi connectivity index (χ0v) is 14.7. The Hall–Kier alpha value is -2.34. The van der Waals surface area contributed by atoms with E-state index in [0.717, 1.165) is 16.9 Å². The quantitative estimate of drug-likeness (QED) is 0.891. The third-order valence-corrected chi connectivity index (χ3v) is 5.06. The summed E-state index contributed by atoms with van der Waals surface area (Å²) in [5, 5.41) is 9.92. The van der Waals surface area contributed by atoms with E-state index in [1.54, 1.807) is 23.3 Å². The Morgan fingerprint density at radius 2 is 2.17 bits per heavy atom. The molecule has 3 rings (SSSR count). The maximum Gasteiger partial charge on any atom is 0.319 e. The molecule has 1 aromatic carbocycles. The Bertz CT molecular complexity index is 743. The van der Waals surface area contributed by atoms with Gasteiger partial charge in [0.1, 0.15) is 0 Å². The topological polar surface area (TPSA) is 61.4 Å². The third kappa shape index (κ3) is 3.59. The monoisotopic (exact) mass is 343 g/mol. The van der Waals surface area contributed by atoms with E-state index in [1.807, 2.05) is 23.6 Å². The predicted octanol–water partition coefficient (Wildman–Crippen LogP) is 3.58. The number of hydrogen-bond donors (Lipinski definition) is 2. The molecule has 1 aliphatic heterocycles. The standard InChI is InChI=1S/C18H21N3O2S/c1-12(14-7-8-24-11-14)10-19-18(23)20-15-4-5-16-13(9-15)3-6-17(22)21(16)2/h4-5,7-9,11-12H,3,6,10H2,1-2H3,(H2,19,20,23)/t12-/m1/s1. The number of thiophene rings is 1. The van der Waals surface area contributed by atoms with E-state index in [-0.39, 0.29) is 17.9 Å². The summed E-state index contributed by atoms with van der Waals surface area (Å²) in [6.45, 7) is 2.68. The van der Waals surface area contributed by atoms with Gasteiger partial charge in [-0.25, -0.2) is 4.79 Å². The van der Waals surface area contributed by atoms with E-state index in [1.165, 1.54) is 5.56 Å². The Labute approximate surface area is 145 Å². The molecule has 1 aromatic heterocycles. The van der Waals surface area contributed by atoms with Crippen LogP contribution in [0.2, 0.25) is 0 Å². The Balaban J connectivity index is 1.58. The molecule has 0 fully saturated rings. The van der Waals surface area contributed by atoms with Crippen molar-refractivity contribution in [2.24, 2.45) is 0 Å². The van der Waals surface area contributed by atoms with Crippen molar-refractivity contribution in [3.63, 3.8) is 0 Å². The van der Waals surface area contributed by atoms with Crippen molar-refractivity contribution in [1.82, 2.24) is 5.32 Å². The van der Waals surface area contributed by atoms with Crippen LogP contribution in [-0.2, 0) is 11.2 Å². The van der Waals surface area contributed by atoms with E-state index in [9.17, 15) is 9.59 Å². The van der Waals surface area contributed by atoms with Gasteiger partial charge in [0.05, 0.1) is 0 Å². The second kappa shape index (κ2) is 7.05. The number of hydrogen-bond acceptors (Lipinski definition) is 3. The highest BCUT2D eigenvalue weighted by Crippen LogP contribution is 2.29. The maximum absolute atomic E-state index is 12.1. The number of nitrogens with one attached hydrogen (secondary N) is 2. The molecule has 24 heavy (non-hydrogen) atoms. The lowest BCUT2D eigenvalue weighted by Crippen LogP contribution is -2.32. The summed E-state index contributed by atoms with van der Waals surface area (Å²) in [5.74, 6) is 0.411. The summed E-state index contributed by atoms with van der Waals surface area (Å²) in [7, 11) is 1.78. The average molecular weight is 343 g/mol. The molecule has 1 atom stereocenters. The van der Waals surface area contributed by atoms with E-state index in [4.69, 9.17) is 0 Å². The lowest BCUT2D eigenvalue weighted by Gasteiger charge is -2.26. The molecule has 1 aliphatic rings. The third-order valence-electron chi connectivity index (χ3n) is 4.36. The van der Waals surface area contributed by atoms with Crippen molar-refractivity contribution < 1.29 is 9.59 Å². The number of aryl methyl sites for hydroxylation is 1. The fraction of sp³-hybridized carbons (Fsp3) is 0.333. The number of benzene rings is 1. The minimum absolute atomic E-state index is 0.128. The normalized spacial score (nSPS) is 14.9. The molecule has 3 amide bonds. The number of amides is 3. The van der Waals surface area contributed by atoms with Gasteiger partial charge in [0, 0.05) is 31.4 Å². The summed E-state index contributed by atoms with van der Waals surface area (Å²) < 4.78 is 0. The van der Waals surface area contributed by atoms with E-state index in [0.29, 0.717) is 19.4 Å². The highest BCUT2D eigenvalue weighted by molar-refractivity contribution is 7.07. The Kier molecular flexibility index (Phi) is 4.85. The molecule has 0 unspecified atom stereocenters. The molecule has 0 spiro atoms. The first-order valence-corrected chi connectivity index (χ1v) is 8.95. The second-order valence-corrected chi connectivity index (χ2v) is 6.87. The zero-order valence-electron chi connectivity index (χ0n) is 13.8. The first-order chi connectivity index (χ1) is 11.5. The molecular formula is C18H21N3O2S. The Morgan fingerprint density at radius 3 is 2.92 bits per heavy atom. The van der Waals surface area contributed by atoms with E-state index < -0.39 is 0 Å². The molecule has 0 radical (unpaired) electrons. The van der Waals surface area contributed by atoms with Gasteiger partial charge >= 0.3 is 6.03 Å². The number of carbonyl (C=O) groups is 2. The lowest BCUT2D eigenvalue weighted by molar-refractivity contribution is -0.118. The van der Waals surface area contributed by atoms with Crippen molar-refractivity contribution in [2.75, 3.05) is 23.8 Å². The first-order valence-electron chi connectivity index (χ1n) is 8.01. The van der Waals surface area contributed by atoms with Crippen LogP contribution in [0.1, 0.15) is 30.4 Å². The van der Waals surface area contributed by atoms with Gasteiger partial charge < -0.3 is 15.5 Å². The lowest BCUT2D eigenvalue weighted by atomic mass is 10.0. The highest BCUT2D eigenvalue weighted by atomic mass is 32.1. The number of nitrogens with zero attached hydrogens (tertiary/aromatic N) is 1. The molecule has 2 aromatic rings. The van der Waals surface area contributed by atoms with Crippen LogP contribution in [0.3, 0.4) is 0 Å². The fourth-order valence-corrected chi connectivity index (χ4v) is 3.61. The van der Waals surface area contributed by atoms with Crippen molar-refractivity contribution in [2.45, 2.75) is 25.7 Å². The predicted molar refractivity (Wildman–Crippen MR) is 97.9 cm³/mol. The molecule has 126 valence electrons. The SMILES string of the molecule is C[C@H](CNC(=O)Nc1ccc2c(c1)CCC(=O)N2C)c1ccsc1. The number of fused-ring (bicyclic) bond motifs is 1. The van der Waals surface area contributed by atoms with Crippen LogP contribution >= 0.6 is 11.3 Å².